The normalized spacial score (nSPS) is 20.6. The summed E-state index contributed by atoms with van der Waals surface area (Å²) in [7, 11) is 0. The van der Waals surface area contributed by atoms with E-state index in [0.717, 1.165) is 5.56 Å². The average Bonchev–Trinajstić information content (AvgIpc) is 3.27. The molecule has 1 aliphatic heterocycles. The van der Waals surface area contributed by atoms with Gasteiger partial charge in [-0.2, -0.15) is 0 Å². The van der Waals surface area contributed by atoms with E-state index < -0.39 is 5.97 Å². The van der Waals surface area contributed by atoms with Crippen molar-refractivity contribution >= 4 is 29.2 Å². The van der Waals surface area contributed by atoms with Gasteiger partial charge in [0.15, 0.2) is 5.78 Å². The summed E-state index contributed by atoms with van der Waals surface area (Å²) in [6.07, 6.45) is 5.24. The molecule has 0 saturated heterocycles. The zero-order valence-electron chi connectivity index (χ0n) is 16.4. The molecule has 0 radical (unpaired) electrons. The van der Waals surface area contributed by atoms with E-state index in [4.69, 9.17) is 4.74 Å². The summed E-state index contributed by atoms with van der Waals surface area (Å²) in [4.78, 5) is 26.5. The number of Topliss-reactive ketones (excluding diaryl/α,β-unsaturated/α-hetero) is 1. The van der Waals surface area contributed by atoms with Gasteiger partial charge in [-0.05, 0) is 68.2 Å². The van der Waals surface area contributed by atoms with Crippen LogP contribution in [0.4, 0.5) is 11.4 Å². The molecule has 2 aromatic carbocycles. The van der Waals surface area contributed by atoms with Crippen molar-refractivity contribution in [3.8, 4) is 0 Å². The van der Waals surface area contributed by atoms with E-state index in [2.05, 4.69) is 41.3 Å². The number of fused-ring (bicyclic) bond motifs is 3. The lowest BCUT2D eigenvalue weighted by Crippen LogP contribution is -2.26. The molecule has 4 nitrogen and oxygen atoms in total. The summed E-state index contributed by atoms with van der Waals surface area (Å²) >= 11 is 0. The predicted octanol–water partition coefficient (Wildman–Crippen LogP) is 5.01. The molecule has 0 N–H and O–H groups in total. The van der Waals surface area contributed by atoms with Crippen LogP contribution in [0.3, 0.4) is 0 Å². The Labute approximate surface area is 165 Å². The fourth-order valence-electron chi connectivity index (χ4n) is 4.57. The van der Waals surface area contributed by atoms with Crippen molar-refractivity contribution in [2.24, 2.45) is 0 Å². The van der Waals surface area contributed by atoms with Crippen molar-refractivity contribution in [1.82, 2.24) is 0 Å². The van der Waals surface area contributed by atoms with Crippen LogP contribution in [0.15, 0.2) is 54.1 Å². The van der Waals surface area contributed by atoms with Gasteiger partial charge < -0.3 is 9.64 Å². The molecule has 2 aromatic rings. The monoisotopic (exact) mass is 375 g/mol. The van der Waals surface area contributed by atoms with Gasteiger partial charge in [-0.3, -0.25) is 4.79 Å². The number of ketones is 1. The van der Waals surface area contributed by atoms with Crippen LogP contribution in [0, 0.1) is 0 Å². The van der Waals surface area contributed by atoms with Gasteiger partial charge in [-0.1, -0.05) is 30.7 Å². The maximum Gasteiger partial charge on any atom is 0.341 e. The number of nitrogens with zero attached hydrogens (tertiary/aromatic N) is 1. The molecule has 0 aromatic heterocycles. The van der Waals surface area contributed by atoms with E-state index in [-0.39, 0.29) is 18.0 Å². The van der Waals surface area contributed by atoms with Gasteiger partial charge in [0.25, 0.3) is 0 Å². The van der Waals surface area contributed by atoms with Gasteiger partial charge in [0.1, 0.15) is 5.57 Å². The quantitative estimate of drug-likeness (QED) is 0.319. The summed E-state index contributed by atoms with van der Waals surface area (Å²) < 4.78 is 5.04. The van der Waals surface area contributed by atoms with Crippen LogP contribution in [0.5, 0.6) is 0 Å². The first-order valence-electron chi connectivity index (χ1n) is 9.98. The molecular formula is C24H25NO3. The van der Waals surface area contributed by atoms with Gasteiger partial charge in [0.05, 0.1) is 6.61 Å². The molecule has 1 fully saturated rings. The maximum absolute atomic E-state index is 12.1. The molecule has 1 aliphatic carbocycles. The third-order valence-electron chi connectivity index (χ3n) is 5.74. The Hall–Kier alpha value is -2.88. The lowest BCUT2D eigenvalue weighted by Gasteiger charge is -2.27. The average molecular weight is 375 g/mol. The second kappa shape index (κ2) is 7.63. The Morgan fingerprint density at radius 2 is 1.93 bits per heavy atom. The Morgan fingerprint density at radius 3 is 2.64 bits per heavy atom. The van der Waals surface area contributed by atoms with Crippen LogP contribution in [0.25, 0.3) is 6.08 Å². The van der Waals surface area contributed by atoms with Gasteiger partial charge in [-0.25, -0.2) is 4.79 Å². The number of hydrogen-bond acceptors (Lipinski definition) is 4. The van der Waals surface area contributed by atoms with Crippen LogP contribution in [0.2, 0.25) is 0 Å². The Kier molecular flexibility index (Phi) is 5.03. The molecule has 1 saturated carbocycles. The van der Waals surface area contributed by atoms with Crippen molar-refractivity contribution in [2.45, 2.75) is 45.1 Å². The fourth-order valence-corrected chi connectivity index (χ4v) is 4.57. The van der Waals surface area contributed by atoms with E-state index in [1.807, 2.05) is 12.1 Å². The van der Waals surface area contributed by atoms with Crippen molar-refractivity contribution in [3.63, 3.8) is 0 Å². The zero-order valence-corrected chi connectivity index (χ0v) is 16.4. The van der Waals surface area contributed by atoms with Crippen LogP contribution in [-0.4, -0.2) is 24.4 Å². The number of para-hydroxylation sites is 1. The molecular weight excluding hydrogens is 350 g/mol. The third-order valence-corrected chi connectivity index (χ3v) is 5.74. The summed E-state index contributed by atoms with van der Waals surface area (Å²) in [5.74, 6) is -0.337. The SMILES string of the molecule is CCOC(=O)/C(=C\c1ccc2c(c1)C1CCCC1N2c1ccccc1)C(C)=O. The fraction of sp³-hybridized carbons (Fsp3) is 0.333. The Morgan fingerprint density at radius 1 is 1.14 bits per heavy atom. The molecule has 144 valence electrons. The Balaban J connectivity index is 1.74. The number of ether oxygens (including phenoxy) is 1. The predicted molar refractivity (Wildman–Crippen MR) is 111 cm³/mol. The summed E-state index contributed by atoms with van der Waals surface area (Å²) in [6, 6.07) is 17.2. The standard InChI is InChI=1S/C24H25NO3/c1-3-28-24(27)20(16(2)26)14-17-12-13-23-21(15-17)19-10-7-11-22(19)25(23)18-8-5-4-6-9-18/h4-6,8-9,12-15,19,22H,3,7,10-11H2,1-2H3/b20-14-. The number of hydrogen-bond donors (Lipinski definition) is 0. The lowest BCUT2D eigenvalue weighted by atomic mass is 9.95. The number of carbonyl (C=O) groups excluding carboxylic acids is 2. The number of rotatable bonds is 5. The lowest BCUT2D eigenvalue weighted by molar-refractivity contribution is -0.139. The molecule has 0 spiro atoms. The number of carbonyl (C=O) groups is 2. The molecule has 2 unspecified atom stereocenters. The minimum atomic E-state index is -0.555. The first-order chi connectivity index (χ1) is 13.6. The van der Waals surface area contributed by atoms with Gasteiger partial charge in [0.2, 0.25) is 0 Å². The minimum Gasteiger partial charge on any atom is -0.462 e. The van der Waals surface area contributed by atoms with E-state index in [1.165, 1.54) is 43.1 Å². The van der Waals surface area contributed by atoms with Gasteiger partial charge in [-0.15, -0.1) is 0 Å². The van der Waals surface area contributed by atoms with Crippen LogP contribution in [-0.2, 0) is 14.3 Å². The van der Waals surface area contributed by atoms with E-state index in [1.54, 1.807) is 13.0 Å². The van der Waals surface area contributed by atoms with Crippen molar-refractivity contribution in [3.05, 3.63) is 65.2 Å². The van der Waals surface area contributed by atoms with Crippen molar-refractivity contribution < 1.29 is 14.3 Å². The first-order valence-corrected chi connectivity index (χ1v) is 9.98. The van der Waals surface area contributed by atoms with E-state index >= 15 is 0 Å². The number of esters is 1. The molecule has 2 aliphatic rings. The summed E-state index contributed by atoms with van der Waals surface area (Å²) in [6.45, 7) is 3.40. The highest BCUT2D eigenvalue weighted by atomic mass is 16.5. The molecule has 1 heterocycles. The third kappa shape index (κ3) is 3.24. The van der Waals surface area contributed by atoms with E-state index in [0.29, 0.717) is 12.0 Å². The Bertz CT molecular complexity index is 932. The van der Waals surface area contributed by atoms with E-state index in [9.17, 15) is 9.59 Å². The molecule has 4 heteroatoms. The highest BCUT2D eigenvalue weighted by Gasteiger charge is 2.42. The molecule has 28 heavy (non-hydrogen) atoms. The summed E-state index contributed by atoms with van der Waals surface area (Å²) in [5, 5.41) is 0. The largest absolute Gasteiger partial charge is 0.462 e. The number of benzene rings is 2. The van der Waals surface area contributed by atoms with Crippen molar-refractivity contribution in [1.29, 1.82) is 0 Å². The maximum atomic E-state index is 12.1. The minimum absolute atomic E-state index is 0.0997. The zero-order chi connectivity index (χ0) is 19.7. The molecule has 4 rings (SSSR count). The van der Waals surface area contributed by atoms with Crippen LogP contribution in [0.1, 0.15) is 50.2 Å². The second-order valence-electron chi connectivity index (χ2n) is 7.46. The highest BCUT2D eigenvalue weighted by Crippen LogP contribution is 2.52. The summed E-state index contributed by atoms with van der Waals surface area (Å²) in [5.41, 5.74) is 4.74. The van der Waals surface area contributed by atoms with Gasteiger partial charge >= 0.3 is 5.97 Å². The smallest absolute Gasteiger partial charge is 0.341 e. The molecule has 0 amide bonds. The highest BCUT2D eigenvalue weighted by molar-refractivity contribution is 6.19. The number of anilines is 2. The van der Waals surface area contributed by atoms with Crippen LogP contribution >= 0.6 is 0 Å². The van der Waals surface area contributed by atoms with Gasteiger partial charge in [0, 0.05) is 23.3 Å². The molecule has 2 atom stereocenters. The first kappa shape index (κ1) is 18.5. The molecule has 0 bridgehead atoms. The second-order valence-corrected chi connectivity index (χ2v) is 7.46. The van der Waals surface area contributed by atoms with Crippen LogP contribution < -0.4 is 4.90 Å². The van der Waals surface area contributed by atoms with Crippen molar-refractivity contribution in [2.75, 3.05) is 11.5 Å². The topological polar surface area (TPSA) is 46.6 Å².